The summed E-state index contributed by atoms with van der Waals surface area (Å²) in [5, 5.41) is 0. The highest BCUT2D eigenvalue weighted by molar-refractivity contribution is 7.91. The van der Waals surface area contributed by atoms with E-state index in [0.717, 1.165) is 12.1 Å². The minimum absolute atomic E-state index is 0.0651. The van der Waals surface area contributed by atoms with Crippen molar-refractivity contribution in [2.24, 2.45) is 0 Å². The van der Waals surface area contributed by atoms with Crippen LogP contribution in [0, 0.1) is 0 Å². The van der Waals surface area contributed by atoms with Crippen molar-refractivity contribution >= 4 is 31.9 Å². The minimum Gasteiger partial charge on any atom is -0.398 e. The Morgan fingerprint density at radius 3 is 2.50 bits per heavy atom. The van der Waals surface area contributed by atoms with Gasteiger partial charge in [-0.1, -0.05) is 0 Å². The monoisotopic (exact) mass is 371 g/mol. The molecule has 0 saturated heterocycles. The highest BCUT2D eigenvalue weighted by atomic mass is 32.2. The van der Waals surface area contributed by atoms with Crippen LogP contribution in [0.3, 0.4) is 0 Å². The fraction of sp³-hybridized carbons (Fsp3) is 0.143. The van der Waals surface area contributed by atoms with E-state index < -0.39 is 24.9 Å². The van der Waals surface area contributed by atoms with E-state index in [1.54, 1.807) is 18.3 Å². The lowest BCUT2D eigenvalue weighted by Crippen LogP contribution is -2.37. The van der Waals surface area contributed by atoms with Gasteiger partial charge < -0.3 is 5.73 Å². The van der Waals surface area contributed by atoms with E-state index in [1.807, 2.05) is 0 Å². The smallest absolute Gasteiger partial charge is 0.296 e. The Bertz CT molecular complexity index is 984. The predicted molar refractivity (Wildman–Crippen MR) is 84.7 cm³/mol. The van der Waals surface area contributed by atoms with Gasteiger partial charge in [-0.3, -0.25) is 9.35 Å². The SMILES string of the molecule is Nc1ccc(S(=O)(=O)CC[n+]2cccc(C=O)c2)cc1S(=O)(=O)O. The molecule has 10 heteroatoms. The molecule has 1 heterocycles. The van der Waals surface area contributed by atoms with Crippen LogP contribution in [-0.2, 0) is 26.5 Å². The van der Waals surface area contributed by atoms with Gasteiger partial charge in [0.05, 0.1) is 16.1 Å². The summed E-state index contributed by atoms with van der Waals surface area (Å²) in [5.41, 5.74) is 5.60. The molecule has 0 saturated carbocycles. The van der Waals surface area contributed by atoms with E-state index in [0.29, 0.717) is 11.8 Å². The second-order valence-electron chi connectivity index (χ2n) is 4.99. The fourth-order valence-corrected chi connectivity index (χ4v) is 4.00. The van der Waals surface area contributed by atoms with E-state index in [9.17, 15) is 21.6 Å². The van der Waals surface area contributed by atoms with Crippen LogP contribution in [0.1, 0.15) is 10.4 Å². The number of pyridine rings is 1. The zero-order chi connectivity index (χ0) is 18.0. The first-order valence-electron chi connectivity index (χ1n) is 6.67. The molecule has 0 fully saturated rings. The predicted octanol–water partition coefficient (Wildman–Crippen LogP) is 0.0894. The molecule has 24 heavy (non-hydrogen) atoms. The molecule has 8 nitrogen and oxygen atoms in total. The molecule has 0 spiro atoms. The molecular weight excluding hydrogens is 356 g/mol. The Kier molecular flexibility index (Phi) is 5.02. The largest absolute Gasteiger partial charge is 0.398 e. The molecule has 0 amide bonds. The number of aldehydes is 1. The first-order valence-corrected chi connectivity index (χ1v) is 9.77. The van der Waals surface area contributed by atoms with E-state index >= 15 is 0 Å². The summed E-state index contributed by atoms with van der Waals surface area (Å²) in [6.45, 7) is 0.0651. The number of aromatic nitrogens is 1. The second kappa shape index (κ2) is 6.67. The van der Waals surface area contributed by atoms with Crippen LogP contribution in [0.2, 0.25) is 0 Å². The van der Waals surface area contributed by atoms with E-state index in [-0.39, 0.29) is 22.9 Å². The van der Waals surface area contributed by atoms with Crippen LogP contribution >= 0.6 is 0 Å². The van der Waals surface area contributed by atoms with Gasteiger partial charge in [0.25, 0.3) is 10.1 Å². The average molecular weight is 371 g/mol. The lowest BCUT2D eigenvalue weighted by atomic mass is 10.3. The van der Waals surface area contributed by atoms with Crippen LogP contribution in [0.15, 0.2) is 52.5 Å². The first-order chi connectivity index (χ1) is 11.1. The number of nitrogen functional groups attached to an aromatic ring is 1. The summed E-state index contributed by atoms with van der Waals surface area (Å²) in [7, 11) is -8.44. The Morgan fingerprint density at radius 2 is 1.88 bits per heavy atom. The molecular formula is C14H15N2O6S2+. The molecule has 0 atom stereocenters. The van der Waals surface area contributed by atoms with Crippen molar-refractivity contribution in [2.75, 3.05) is 11.5 Å². The summed E-state index contributed by atoms with van der Waals surface area (Å²) in [6.07, 6.45) is 3.74. The number of hydrogen-bond donors (Lipinski definition) is 2. The molecule has 2 rings (SSSR count). The van der Waals surface area contributed by atoms with Crippen molar-refractivity contribution in [2.45, 2.75) is 16.3 Å². The van der Waals surface area contributed by atoms with Crippen LogP contribution in [-0.4, -0.2) is 33.4 Å². The molecule has 0 aliphatic carbocycles. The zero-order valence-electron chi connectivity index (χ0n) is 12.4. The normalized spacial score (nSPS) is 12.0. The Balaban J connectivity index is 2.29. The molecule has 0 unspecified atom stereocenters. The Hall–Kier alpha value is -2.30. The average Bonchev–Trinajstić information content (AvgIpc) is 2.52. The van der Waals surface area contributed by atoms with Gasteiger partial charge in [-0.15, -0.1) is 0 Å². The van der Waals surface area contributed by atoms with Gasteiger partial charge in [0.2, 0.25) is 0 Å². The number of rotatable bonds is 6. The standard InChI is InChI=1S/C14H14N2O6S2/c15-13-4-3-12(8-14(13)24(20,21)22)23(18,19)7-6-16-5-1-2-11(9-16)10-17/h1-5,8-10H,6-7,15H2/p+1. The lowest BCUT2D eigenvalue weighted by molar-refractivity contribution is -0.692. The summed E-state index contributed by atoms with van der Waals surface area (Å²) in [6, 6.07) is 6.29. The van der Waals surface area contributed by atoms with Gasteiger partial charge in [-0.25, -0.2) is 13.0 Å². The minimum atomic E-state index is -4.63. The van der Waals surface area contributed by atoms with Crippen molar-refractivity contribution in [3.8, 4) is 0 Å². The van der Waals surface area contributed by atoms with Crippen molar-refractivity contribution in [1.82, 2.24) is 0 Å². The van der Waals surface area contributed by atoms with Crippen LogP contribution < -0.4 is 10.3 Å². The number of hydrogen-bond acceptors (Lipinski definition) is 6. The highest BCUT2D eigenvalue weighted by Gasteiger charge is 2.22. The Morgan fingerprint density at radius 1 is 1.17 bits per heavy atom. The zero-order valence-corrected chi connectivity index (χ0v) is 14.0. The van der Waals surface area contributed by atoms with E-state index in [1.165, 1.54) is 16.8 Å². The topological polar surface area (TPSA) is 135 Å². The number of nitrogens with zero attached hydrogens (tertiary/aromatic N) is 1. The van der Waals surface area contributed by atoms with Crippen molar-refractivity contribution in [1.29, 1.82) is 0 Å². The van der Waals surface area contributed by atoms with Crippen LogP contribution in [0.5, 0.6) is 0 Å². The number of carbonyl (C=O) groups excluding carboxylic acids is 1. The van der Waals surface area contributed by atoms with Gasteiger partial charge in [-0.05, 0) is 24.3 Å². The number of aryl methyl sites for hydroxylation is 1. The summed E-state index contributed by atoms with van der Waals surface area (Å²) in [5.74, 6) is -0.325. The fourth-order valence-electron chi connectivity index (χ4n) is 2.03. The first kappa shape index (κ1) is 18.0. The number of anilines is 1. The third-order valence-corrected chi connectivity index (χ3v) is 5.86. The number of benzene rings is 1. The maximum atomic E-state index is 12.4. The quantitative estimate of drug-likeness (QED) is 0.318. The van der Waals surface area contributed by atoms with Gasteiger partial charge >= 0.3 is 0 Å². The van der Waals surface area contributed by atoms with Crippen molar-refractivity contribution < 1.29 is 30.7 Å². The third-order valence-electron chi connectivity index (χ3n) is 3.26. The molecule has 0 aliphatic rings. The Labute approximate surface area is 139 Å². The molecule has 3 N–H and O–H groups in total. The van der Waals surface area contributed by atoms with Gasteiger partial charge in [0.1, 0.15) is 10.6 Å². The molecule has 1 aromatic carbocycles. The van der Waals surface area contributed by atoms with Crippen LogP contribution in [0.4, 0.5) is 5.69 Å². The number of carbonyl (C=O) groups is 1. The van der Waals surface area contributed by atoms with Gasteiger partial charge in [-0.2, -0.15) is 8.42 Å². The molecule has 0 aliphatic heterocycles. The molecule has 128 valence electrons. The molecule has 0 bridgehead atoms. The molecule has 1 aromatic heterocycles. The molecule has 2 aromatic rings. The van der Waals surface area contributed by atoms with Gasteiger partial charge in [0, 0.05) is 6.07 Å². The third kappa shape index (κ3) is 4.16. The van der Waals surface area contributed by atoms with Crippen molar-refractivity contribution in [3.05, 3.63) is 48.3 Å². The molecule has 0 radical (unpaired) electrons. The highest BCUT2D eigenvalue weighted by Crippen LogP contribution is 2.23. The summed E-state index contributed by atoms with van der Waals surface area (Å²) < 4.78 is 57.8. The number of sulfone groups is 1. The lowest BCUT2D eigenvalue weighted by Gasteiger charge is -2.07. The van der Waals surface area contributed by atoms with E-state index in [4.69, 9.17) is 10.3 Å². The number of nitrogens with two attached hydrogens (primary N) is 1. The van der Waals surface area contributed by atoms with Crippen LogP contribution in [0.25, 0.3) is 0 Å². The maximum Gasteiger partial charge on any atom is 0.296 e. The van der Waals surface area contributed by atoms with Gasteiger partial charge in [0.15, 0.2) is 35.1 Å². The summed E-state index contributed by atoms with van der Waals surface area (Å²) in [4.78, 5) is 9.80. The van der Waals surface area contributed by atoms with E-state index in [2.05, 4.69) is 0 Å². The van der Waals surface area contributed by atoms with Crippen molar-refractivity contribution in [3.63, 3.8) is 0 Å². The second-order valence-corrected chi connectivity index (χ2v) is 8.49. The maximum absolute atomic E-state index is 12.4. The summed E-state index contributed by atoms with van der Waals surface area (Å²) >= 11 is 0.